The molecule has 1 unspecified atom stereocenters. The van der Waals surface area contributed by atoms with Crippen LogP contribution in [0.4, 0.5) is 13.2 Å². The maximum atomic E-state index is 13.0. The minimum atomic E-state index is -4.51. The van der Waals surface area contributed by atoms with Crippen LogP contribution in [0.15, 0.2) is 67.0 Å². The molecule has 0 radical (unpaired) electrons. The van der Waals surface area contributed by atoms with Crippen LogP contribution in [0.25, 0.3) is 11.4 Å². The fourth-order valence-electron chi connectivity index (χ4n) is 2.57. The van der Waals surface area contributed by atoms with E-state index in [1.165, 1.54) is 30.6 Å². The van der Waals surface area contributed by atoms with Crippen LogP contribution in [-0.4, -0.2) is 28.5 Å². The molecule has 0 aliphatic rings. The van der Waals surface area contributed by atoms with Gasteiger partial charge in [-0.3, -0.25) is 4.79 Å². The first-order chi connectivity index (χ1) is 13.8. The topological polar surface area (TPSA) is 64.1 Å². The normalized spacial score (nSPS) is 12.3. The lowest BCUT2D eigenvalue weighted by atomic mass is 10.2. The number of aromatic nitrogens is 2. The summed E-state index contributed by atoms with van der Waals surface area (Å²) in [6.07, 6.45) is -1.71. The summed E-state index contributed by atoms with van der Waals surface area (Å²) >= 11 is 0. The Morgan fingerprint density at radius 2 is 1.66 bits per heavy atom. The van der Waals surface area contributed by atoms with E-state index >= 15 is 0 Å². The highest BCUT2D eigenvalue weighted by molar-refractivity contribution is 5.93. The third kappa shape index (κ3) is 5.31. The number of carbonyl (C=O) groups is 1. The van der Waals surface area contributed by atoms with Crippen molar-refractivity contribution >= 4 is 5.91 Å². The number of benzene rings is 2. The molecule has 1 aromatic heterocycles. The van der Waals surface area contributed by atoms with Gasteiger partial charge < -0.3 is 10.1 Å². The fraction of sp³-hybridized carbons (Fsp3) is 0.190. The van der Waals surface area contributed by atoms with E-state index in [0.717, 1.165) is 11.6 Å². The monoisotopic (exact) mass is 401 g/mol. The maximum Gasteiger partial charge on any atom is 0.419 e. The highest BCUT2D eigenvalue weighted by Crippen LogP contribution is 2.35. The maximum absolute atomic E-state index is 13.0. The molecule has 1 atom stereocenters. The van der Waals surface area contributed by atoms with E-state index in [1.807, 2.05) is 30.3 Å². The average molecular weight is 401 g/mol. The largest absolute Gasteiger partial charge is 0.491 e. The van der Waals surface area contributed by atoms with E-state index in [-0.39, 0.29) is 17.9 Å². The number of carbonyl (C=O) groups excluding carboxylic acids is 1. The zero-order valence-electron chi connectivity index (χ0n) is 15.5. The van der Waals surface area contributed by atoms with Crippen LogP contribution in [0, 0.1) is 0 Å². The molecule has 0 aliphatic heterocycles. The standard InChI is InChI=1S/C21H18F3N3O2/c1-14(13-29-18-10-6-5-9-17(18)21(22,23)24)27-20(28)16-11-25-19(26-12-16)15-7-3-2-4-8-15/h2-12,14H,13H2,1H3,(H,27,28). The van der Waals surface area contributed by atoms with Crippen LogP contribution >= 0.6 is 0 Å². The Morgan fingerprint density at radius 3 is 2.31 bits per heavy atom. The molecule has 2 aromatic carbocycles. The van der Waals surface area contributed by atoms with Crippen molar-refractivity contribution in [2.45, 2.75) is 19.1 Å². The van der Waals surface area contributed by atoms with Crippen molar-refractivity contribution in [3.63, 3.8) is 0 Å². The SMILES string of the molecule is CC(COc1ccccc1C(F)(F)F)NC(=O)c1cnc(-c2ccccc2)nc1. The smallest absolute Gasteiger partial charge is 0.419 e. The number of hydrogen-bond acceptors (Lipinski definition) is 4. The summed E-state index contributed by atoms with van der Waals surface area (Å²) in [4.78, 5) is 20.7. The quantitative estimate of drug-likeness (QED) is 0.667. The van der Waals surface area contributed by atoms with Gasteiger partial charge in [0.25, 0.3) is 5.91 Å². The van der Waals surface area contributed by atoms with Gasteiger partial charge in [0.05, 0.1) is 17.2 Å². The van der Waals surface area contributed by atoms with E-state index in [0.29, 0.717) is 5.82 Å². The van der Waals surface area contributed by atoms with Gasteiger partial charge in [-0.05, 0) is 19.1 Å². The summed E-state index contributed by atoms with van der Waals surface area (Å²) in [5.74, 6) is -0.233. The van der Waals surface area contributed by atoms with Crippen molar-refractivity contribution < 1.29 is 22.7 Å². The number of halogens is 3. The molecule has 5 nitrogen and oxygen atoms in total. The summed E-state index contributed by atoms with van der Waals surface area (Å²) in [5.41, 5.74) is 0.209. The van der Waals surface area contributed by atoms with Crippen molar-refractivity contribution in [3.05, 3.63) is 78.1 Å². The predicted molar refractivity (Wildman–Crippen MR) is 101 cm³/mol. The van der Waals surface area contributed by atoms with Crippen LogP contribution < -0.4 is 10.1 Å². The van der Waals surface area contributed by atoms with E-state index in [4.69, 9.17) is 4.74 Å². The van der Waals surface area contributed by atoms with Crippen molar-refractivity contribution in [1.82, 2.24) is 15.3 Å². The molecule has 1 heterocycles. The van der Waals surface area contributed by atoms with Crippen LogP contribution in [0.3, 0.4) is 0 Å². The highest BCUT2D eigenvalue weighted by Gasteiger charge is 2.34. The van der Waals surface area contributed by atoms with Gasteiger partial charge in [-0.25, -0.2) is 9.97 Å². The number of nitrogens with zero attached hydrogens (tertiary/aromatic N) is 2. The van der Waals surface area contributed by atoms with Gasteiger partial charge in [0.1, 0.15) is 12.4 Å². The zero-order chi connectivity index (χ0) is 20.9. The number of nitrogens with one attached hydrogen (secondary N) is 1. The first-order valence-corrected chi connectivity index (χ1v) is 8.82. The van der Waals surface area contributed by atoms with Crippen molar-refractivity contribution in [1.29, 1.82) is 0 Å². The van der Waals surface area contributed by atoms with E-state index in [2.05, 4.69) is 15.3 Å². The number of alkyl halides is 3. The molecule has 29 heavy (non-hydrogen) atoms. The van der Waals surface area contributed by atoms with Gasteiger partial charge in [-0.15, -0.1) is 0 Å². The minimum Gasteiger partial charge on any atom is -0.491 e. The zero-order valence-corrected chi connectivity index (χ0v) is 15.5. The second-order valence-electron chi connectivity index (χ2n) is 6.34. The van der Waals surface area contributed by atoms with Gasteiger partial charge in [-0.2, -0.15) is 13.2 Å². The second-order valence-corrected chi connectivity index (χ2v) is 6.34. The van der Waals surface area contributed by atoms with E-state index < -0.39 is 23.7 Å². The Balaban J connectivity index is 1.59. The van der Waals surface area contributed by atoms with Crippen molar-refractivity contribution in [2.24, 2.45) is 0 Å². The summed E-state index contributed by atoms with van der Waals surface area (Å²) in [5, 5.41) is 2.66. The van der Waals surface area contributed by atoms with Gasteiger partial charge in [0.2, 0.25) is 0 Å². The van der Waals surface area contributed by atoms with Crippen LogP contribution in [0.2, 0.25) is 0 Å². The molecule has 8 heteroatoms. The molecule has 0 saturated heterocycles. The first kappa shape index (κ1) is 20.3. The van der Waals surface area contributed by atoms with Crippen molar-refractivity contribution in [2.75, 3.05) is 6.61 Å². The Morgan fingerprint density at radius 1 is 1.03 bits per heavy atom. The molecule has 0 fully saturated rings. The third-order valence-electron chi connectivity index (χ3n) is 4.00. The van der Waals surface area contributed by atoms with Gasteiger partial charge in [0.15, 0.2) is 5.82 Å². The molecular weight excluding hydrogens is 383 g/mol. The summed E-state index contributed by atoms with van der Waals surface area (Å²) in [6.45, 7) is 1.51. The van der Waals surface area contributed by atoms with E-state index in [1.54, 1.807) is 6.92 Å². The lowest BCUT2D eigenvalue weighted by molar-refractivity contribution is -0.139. The lowest BCUT2D eigenvalue weighted by Gasteiger charge is -2.17. The van der Waals surface area contributed by atoms with Crippen LogP contribution in [0.1, 0.15) is 22.8 Å². The summed E-state index contributed by atoms with van der Waals surface area (Å²) in [7, 11) is 0. The Labute approximate surface area is 165 Å². The molecule has 0 bridgehead atoms. The lowest BCUT2D eigenvalue weighted by Crippen LogP contribution is -2.37. The Hall–Kier alpha value is -3.42. The molecule has 3 rings (SSSR count). The number of para-hydroxylation sites is 1. The van der Waals surface area contributed by atoms with Gasteiger partial charge >= 0.3 is 6.18 Å². The first-order valence-electron chi connectivity index (χ1n) is 8.82. The second kappa shape index (κ2) is 8.72. The average Bonchev–Trinajstić information content (AvgIpc) is 2.72. The van der Waals surface area contributed by atoms with Gasteiger partial charge in [0, 0.05) is 18.0 Å². The summed E-state index contributed by atoms with van der Waals surface area (Å²) < 4.78 is 44.3. The van der Waals surface area contributed by atoms with Crippen LogP contribution in [0.5, 0.6) is 5.75 Å². The minimum absolute atomic E-state index is 0.123. The fourth-order valence-corrected chi connectivity index (χ4v) is 2.57. The number of ether oxygens (including phenoxy) is 1. The third-order valence-corrected chi connectivity index (χ3v) is 4.00. The number of rotatable bonds is 6. The Bertz CT molecular complexity index is 961. The number of amides is 1. The summed E-state index contributed by atoms with van der Waals surface area (Å²) in [6, 6.07) is 13.7. The molecule has 0 saturated carbocycles. The number of hydrogen-bond donors (Lipinski definition) is 1. The molecule has 150 valence electrons. The van der Waals surface area contributed by atoms with Crippen molar-refractivity contribution in [3.8, 4) is 17.1 Å². The highest BCUT2D eigenvalue weighted by atomic mass is 19.4. The predicted octanol–water partition coefficient (Wildman–Crippen LogP) is 4.36. The molecule has 3 aromatic rings. The molecule has 0 spiro atoms. The Kier molecular flexibility index (Phi) is 6.11. The van der Waals surface area contributed by atoms with Crippen LogP contribution in [-0.2, 0) is 6.18 Å². The van der Waals surface area contributed by atoms with E-state index in [9.17, 15) is 18.0 Å². The molecular formula is C21H18F3N3O2. The van der Waals surface area contributed by atoms with Gasteiger partial charge in [-0.1, -0.05) is 42.5 Å². The molecule has 1 amide bonds. The molecule has 0 aliphatic carbocycles. The molecule has 1 N–H and O–H groups in total.